The van der Waals surface area contributed by atoms with Gasteiger partial charge in [0.1, 0.15) is 11.3 Å². The molecule has 0 atom stereocenters. The first-order chi connectivity index (χ1) is 10.3. The average Bonchev–Trinajstić information content (AvgIpc) is 2.93. The quantitative estimate of drug-likeness (QED) is 0.782. The molecule has 0 aliphatic carbocycles. The number of nitrogens with one attached hydrogen (secondary N) is 1. The molecule has 0 amide bonds. The largest absolute Gasteiger partial charge is 0.495 e. The Morgan fingerprint density at radius 3 is 2.71 bits per heavy atom. The maximum absolute atomic E-state index is 5.65. The molecule has 0 unspecified atom stereocenters. The number of nitrogens with zero attached hydrogens (tertiary/aromatic N) is 1. The van der Waals surface area contributed by atoms with E-state index in [1.807, 2.05) is 12.1 Å². The van der Waals surface area contributed by atoms with Gasteiger partial charge in [0.15, 0.2) is 5.75 Å². The lowest BCUT2D eigenvalue weighted by Crippen LogP contribution is -2.10. The summed E-state index contributed by atoms with van der Waals surface area (Å²) in [6, 6.07) is 6.11. The van der Waals surface area contributed by atoms with Gasteiger partial charge in [0.2, 0.25) is 0 Å². The molecular weight excluding hydrogens is 284 g/mol. The number of methoxy groups -OCH3 is 2. The van der Waals surface area contributed by atoms with Crippen LogP contribution in [0.3, 0.4) is 0 Å². The third-order valence-electron chi connectivity index (χ3n) is 3.46. The van der Waals surface area contributed by atoms with Crippen molar-refractivity contribution >= 4 is 32.3 Å². The molecule has 0 saturated heterocycles. The fraction of sp³-hybridized carbons (Fsp3) is 0.312. The summed E-state index contributed by atoms with van der Waals surface area (Å²) in [6.45, 7) is 3.91. The lowest BCUT2D eigenvalue weighted by atomic mass is 10.1. The minimum absolute atomic E-state index is 0.820. The molecule has 5 heteroatoms. The molecule has 3 rings (SSSR count). The maximum atomic E-state index is 5.65. The Kier molecular flexibility index (Phi) is 3.94. The molecule has 1 aromatic carbocycles. The number of benzene rings is 1. The van der Waals surface area contributed by atoms with Crippen molar-refractivity contribution in [2.24, 2.45) is 0 Å². The van der Waals surface area contributed by atoms with Gasteiger partial charge in [-0.15, -0.1) is 11.3 Å². The summed E-state index contributed by atoms with van der Waals surface area (Å²) in [6.07, 6.45) is 1.78. The predicted molar refractivity (Wildman–Crippen MR) is 87.6 cm³/mol. The molecule has 0 aliphatic rings. The van der Waals surface area contributed by atoms with Crippen LogP contribution in [0.2, 0.25) is 0 Å². The van der Waals surface area contributed by atoms with Crippen molar-refractivity contribution < 1.29 is 9.47 Å². The lowest BCUT2D eigenvalue weighted by Gasteiger charge is -2.10. The molecule has 0 aliphatic heterocycles. The Morgan fingerprint density at radius 2 is 2.00 bits per heavy atom. The van der Waals surface area contributed by atoms with E-state index in [0.29, 0.717) is 0 Å². The summed E-state index contributed by atoms with van der Waals surface area (Å²) in [5.74, 6) is 1.70. The minimum atomic E-state index is 0.820. The highest BCUT2D eigenvalue weighted by molar-refractivity contribution is 7.19. The van der Waals surface area contributed by atoms with Crippen LogP contribution in [0.5, 0.6) is 11.5 Å². The van der Waals surface area contributed by atoms with Crippen LogP contribution in [0.25, 0.3) is 21.0 Å². The number of pyridine rings is 1. The van der Waals surface area contributed by atoms with Gasteiger partial charge in [-0.25, -0.2) is 0 Å². The monoisotopic (exact) mass is 302 g/mol. The second kappa shape index (κ2) is 5.87. The highest BCUT2D eigenvalue weighted by Crippen LogP contribution is 2.45. The summed E-state index contributed by atoms with van der Waals surface area (Å²) in [5.41, 5.74) is 0.845. The Labute approximate surface area is 127 Å². The molecule has 3 aromatic rings. The van der Waals surface area contributed by atoms with E-state index in [0.717, 1.165) is 45.6 Å². The Bertz CT molecular complexity index is 722. The summed E-state index contributed by atoms with van der Waals surface area (Å²) in [4.78, 5) is 5.73. The summed E-state index contributed by atoms with van der Waals surface area (Å²) >= 11 is 1.74. The van der Waals surface area contributed by atoms with Crippen LogP contribution in [0.1, 0.15) is 11.8 Å². The summed E-state index contributed by atoms with van der Waals surface area (Å²) < 4.78 is 12.4. The first-order valence-electron chi connectivity index (χ1n) is 6.92. The van der Waals surface area contributed by atoms with Gasteiger partial charge in [-0.05, 0) is 24.7 Å². The van der Waals surface area contributed by atoms with Gasteiger partial charge in [-0.2, -0.15) is 0 Å². The summed E-state index contributed by atoms with van der Waals surface area (Å²) in [7, 11) is 3.40. The topological polar surface area (TPSA) is 43.4 Å². The molecule has 110 valence electrons. The van der Waals surface area contributed by atoms with E-state index < -0.39 is 0 Å². The second-order valence-corrected chi connectivity index (χ2v) is 5.84. The zero-order chi connectivity index (χ0) is 14.8. The molecule has 4 nitrogen and oxygen atoms in total. The van der Waals surface area contributed by atoms with Crippen molar-refractivity contribution in [2.45, 2.75) is 13.5 Å². The van der Waals surface area contributed by atoms with Gasteiger partial charge in [0.05, 0.1) is 18.9 Å². The Balaban J connectivity index is 2.33. The van der Waals surface area contributed by atoms with Crippen LogP contribution in [-0.4, -0.2) is 25.7 Å². The van der Waals surface area contributed by atoms with Crippen molar-refractivity contribution in [3.8, 4) is 11.5 Å². The second-order valence-electron chi connectivity index (χ2n) is 4.70. The number of thiophene rings is 1. The van der Waals surface area contributed by atoms with Crippen molar-refractivity contribution in [1.82, 2.24) is 10.3 Å². The van der Waals surface area contributed by atoms with Gasteiger partial charge < -0.3 is 14.8 Å². The Morgan fingerprint density at radius 1 is 1.19 bits per heavy atom. The first kappa shape index (κ1) is 14.1. The van der Waals surface area contributed by atoms with E-state index in [1.165, 1.54) is 4.88 Å². The van der Waals surface area contributed by atoms with Crippen LogP contribution >= 0.6 is 11.3 Å². The smallest absolute Gasteiger partial charge is 0.154 e. The molecule has 21 heavy (non-hydrogen) atoms. The van der Waals surface area contributed by atoms with Gasteiger partial charge in [-0.1, -0.05) is 6.92 Å². The number of aromatic nitrogens is 1. The van der Waals surface area contributed by atoms with Crippen LogP contribution in [-0.2, 0) is 6.54 Å². The molecule has 0 spiro atoms. The van der Waals surface area contributed by atoms with Crippen LogP contribution in [0.15, 0.2) is 24.4 Å². The fourth-order valence-electron chi connectivity index (χ4n) is 2.54. The van der Waals surface area contributed by atoms with E-state index in [-0.39, 0.29) is 0 Å². The molecule has 1 N–H and O–H groups in total. The van der Waals surface area contributed by atoms with E-state index in [4.69, 9.17) is 9.47 Å². The number of ether oxygens (including phenoxy) is 2. The van der Waals surface area contributed by atoms with E-state index in [1.54, 1.807) is 31.8 Å². The summed E-state index contributed by atoms with van der Waals surface area (Å²) in [5, 5.41) is 5.41. The SMILES string of the molecule is CCNCc1cc2c(OC)c3ncccc3c(OC)c2s1. The zero-order valence-electron chi connectivity index (χ0n) is 12.4. The molecule has 2 aromatic heterocycles. The maximum Gasteiger partial charge on any atom is 0.154 e. The number of rotatable bonds is 5. The normalized spacial score (nSPS) is 11.2. The van der Waals surface area contributed by atoms with Crippen molar-refractivity contribution in [3.63, 3.8) is 0 Å². The fourth-order valence-corrected chi connectivity index (χ4v) is 3.70. The van der Waals surface area contributed by atoms with Crippen molar-refractivity contribution in [2.75, 3.05) is 20.8 Å². The first-order valence-corrected chi connectivity index (χ1v) is 7.73. The number of fused-ring (bicyclic) bond motifs is 2. The van der Waals surface area contributed by atoms with Crippen molar-refractivity contribution in [1.29, 1.82) is 0 Å². The highest BCUT2D eigenvalue weighted by atomic mass is 32.1. The van der Waals surface area contributed by atoms with Crippen LogP contribution < -0.4 is 14.8 Å². The molecule has 0 bridgehead atoms. The molecule has 0 saturated carbocycles. The van der Waals surface area contributed by atoms with Crippen molar-refractivity contribution in [3.05, 3.63) is 29.3 Å². The highest BCUT2D eigenvalue weighted by Gasteiger charge is 2.18. The number of hydrogen-bond acceptors (Lipinski definition) is 5. The molecule has 0 fully saturated rings. The zero-order valence-corrected chi connectivity index (χ0v) is 13.2. The van der Waals surface area contributed by atoms with Gasteiger partial charge >= 0.3 is 0 Å². The lowest BCUT2D eigenvalue weighted by molar-refractivity contribution is 0.417. The van der Waals surface area contributed by atoms with Gasteiger partial charge in [0.25, 0.3) is 0 Å². The standard InChI is InChI=1S/C16H18N2O2S/c1-4-17-9-10-8-12-14(19-2)13-11(6-5-7-18-13)15(20-3)16(12)21-10/h5-8,17H,4,9H2,1-3H3. The van der Waals surface area contributed by atoms with E-state index in [9.17, 15) is 0 Å². The molecular formula is C16H18N2O2S. The van der Waals surface area contributed by atoms with E-state index in [2.05, 4.69) is 23.3 Å². The average molecular weight is 302 g/mol. The Hall–Kier alpha value is -1.85. The molecule has 0 radical (unpaired) electrons. The third kappa shape index (κ3) is 2.32. The van der Waals surface area contributed by atoms with Crippen LogP contribution in [0.4, 0.5) is 0 Å². The predicted octanol–water partition coefficient (Wildman–Crippen LogP) is 3.58. The van der Waals surface area contributed by atoms with Gasteiger partial charge in [0, 0.05) is 28.4 Å². The van der Waals surface area contributed by atoms with Gasteiger partial charge in [-0.3, -0.25) is 4.98 Å². The van der Waals surface area contributed by atoms with Crippen LogP contribution in [0, 0.1) is 0 Å². The molecule has 2 heterocycles. The van der Waals surface area contributed by atoms with E-state index >= 15 is 0 Å². The minimum Gasteiger partial charge on any atom is -0.495 e. The number of hydrogen-bond donors (Lipinski definition) is 1. The third-order valence-corrected chi connectivity index (χ3v) is 4.59.